The van der Waals surface area contributed by atoms with E-state index in [0.29, 0.717) is 6.54 Å². The van der Waals surface area contributed by atoms with Crippen LogP contribution in [0.4, 0.5) is 0 Å². The predicted molar refractivity (Wildman–Crippen MR) is 77.5 cm³/mol. The number of nitrogens with two attached hydrogens (primary N) is 1. The molecule has 0 spiro atoms. The summed E-state index contributed by atoms with van der Waals surface area (Å²) in [5, 5.41) is 0. The Morgan fingerprint density at radius 3 is 2.63 bits per heavy atom. The second-order valence-electron chi connectivity index (χ2n) is 4.86. The molecule has 1 heterocycles. The number of aryl methyl sites for hydroxylation is 3. The number of aromatic nitrogens is 2. The normalized spacial score (nSPS) is 10.8. The van der Waals surface area contributed by atoms with Gasteiger partial charge in [-0.3, -0.25) is 0 Å². The maximum atomic E-state index is 5.58. The van der Waals surface area contributed by atoms with Crippen LogP contribution in [0.2, 0.25) is 0 Å². The Morgan fingerprint density at radius 1 is 1.26 bits per heavy atom. The van der Waals surface area contributed by atoms with Crippen LogP contribution in [-0.4, -0.2) is 23.6 Å². The second-order valence-corrected chi connectivity index (χ2v) is 4.86. The molecule has 0 atom stereocenters. The zero-order valence-electron chi connectivity index (χ0n) is 12.0. The Kier molecular flexibility index (Phi) is 3.90. The van der Waals surface area contributed by atoms with E-state index in [1.54, 1.807) is 7.11 Å². The third-order valence-corrected chi connectivity index (χ3v) is 3.19. The number of H-pyrrole nitrogens is 1. The molecule has 0 amide bonds. The molecular formula is C15H21N3O. The number of rotatable bonds is 4. The van der Waals surface area contributed by atoms with Crippen LogP contribution < -0.4 is 10.5 Å². The van der Waals surface area contributed by atoms with Gasteiger partial charge in [-0.05, 0) is 44.5 Å². The molecule has 3 N–H and O–H groups in total. The van der Waals surface area contributed by atoms with Gasteiger partial charge in [0.15, 0.2) is 0 Å². The number of ether oxygens (including phenoxy) is 1. The van der Waals surface area contributed by atoms with Crippen molar-refractivity contribution in [3.8, 4) is 17.0 Å². The highest BCUT2D eigenvalue weighted by Gasteiger charge is 2.15. The number of nitrogens with one attached hydrogen (secondary N) is 1. The highest BCUT2D eigenvalue weighted by Crippen LogP contribution is 2.34. The van der Waals surface area contributed by atoms with E-state index in [1.807, 2.05) is 6.92 Å². The van der Waals surface area contributed by atoms with E-state index < -0.39 is 0 Å². The van der Waals surface area contributed by atoms with Crippen LogP contribution in [0.5, 0.6) is 5.75 Å². The van der Waals surface area contributed by atoms with Crippen LogP contribution >= 0.6 is 0 Å². The van der Waals surface area contributed by atoms with E-state index in [4.69, 9.17) is 10.5 Å². The fourth-order valence-corrected chi connectivity index (χ4v) is 2.44. The van der Waals surface area contributed by atoms with Crippen molar-refractivity contribution in [1.29, 1.82) is 0 Å². The van der Waals surface area contributed by atoms with Gasteiger partial charge in [0.2, 0.25) is 0 Å². The lowest BCUT2D eigenvalue weighted by atomic mass is 10.0. The minimum absolute atomic E-state index is 0.594. The van der Waals surface area contributed by atoms with Crippen LogP contribution in [-0.2, 0) is 6.42 Å². The Morgan fingerprint density at radius 2 is 2.00 bits per heavy atom. The highest BCUT2D eigenvalue weighted by molar-refractivity contribution is 5.72. The molecule has 0 saturated carbocycles. The summed E-state index contributed by atoms with van der Waals surface area (Å²) in [7, 11) is 1.70. The average Bonchev–Trinajstić information content (AvgIpc) is 2.70. The minimum atomic E-state index is 0.594. The molecule has 0 fully saturated rings. The molecule has 4 nitrogen and oxygen atoms in total. The molecular weight excluding hydrogens is 238 g/mol. The smallest absolute Gasteiger partial charge is 0.131 e. The standard InChI is InChI=1S/C15H21N3O/c1-9-7-10(2)15(19-4)12(8-9)14-11(3)17-13(18-14)5-6-16/h7-8H,5-6,16H2,1-4H3,(H,17,18). The van der Waals surface area contributed by atoms with Gasteiger partial charge in [0.05, 0.1) is 12.8 Å². The van der Waals surface area contributed by atoms with Gasteiger partial charge in [0.25, 0.3) is 0 Å². The lowest BCUT2D eigenvalue weighted by Gasteiger charge is -2.11. The summed E-state index contributed by atoms with van der Waals surface area (Å²) in [4.78, 5) is 7.93. The summed E-state index contributed by atoms with van der Waals surface area (Å²) in [6, 6.07) is 4.23. The van der Waals surface area contributed by atoms with Crippen LogP contribution in [0.1, 0.15) is 22.6 Å². The van der Waals surface area contributed by atoms with Crippen LogP contribution in [0.3, 0.4) is 0 Å². The molecule has 0 aliphatic heterocycles. The molecule has 0 aliphatic carbocycles. The first-order chi connectivity index (χ1) is 9.06. The van der Waals surface area contributed by atoms with Crippen molar-refractivity contribution in [2.75, 3.05) is 13.7 Å². The van der Waals surface area contributed by atoms with Gasteiger partial charge in [-0.1, -0.05) is 6.07 Å². The van der Waals surface area contributed by atoms with E-state index >= 15 is 0 Å². The monoisotopic (exact) mass is 259 g/mol. The molecule has 0 radical (unpaired) electrons. The number of methoxy groups -OCH3 is 1. The summed E-state index contributed by atoms with van der Waals surface area (Å²) >= 11 is 0. The number of benzene rings is 1. The van der Waals surface area contributed by atoms with E-state index in [9.17, 15) is 0 Å². The zero-order valence-corrected chi connectivity index (χ0v) is 12.0. The zero-order chi connectivity index (χ0) is 14.0. The SMILES string of the molecule is COc1c(C)cc(C)cc1-c1nc(CCN)[nH]c1C. The maximum Gasteiger partial charge on any atom is 0.131 e. The molecule has 2 aromatic rings. The lowest BCUT2D eigenvalue weighted by molar-refractivity contribution is 0.413. The van der Waals surface area contributed by atoms with Crippen LogP contribution in [0.15, 0.2) is 12.1 Å². The molecule has 4 heteroatoms. The van der Waals surface area contributed by atoms with Crippen molar-refractivity contribution in [3.05, 3.63) is 34.8 Å². The van der Waals surface area contributed by atoms with Crippen molar-refractivity contribution in [3.63, 3.8) is 0 Å². The number of imidazole rings is 1. The fraction of sp³-hybridized carbons (Fsp3) is 0.400. The van der Waals surface area contributed by atoms with Crippen molar-refractivity contribution < 1.29 is 4.74 Å². The summed E-state index contributed by atoms with van der Waals surface area (Å²) in [6.45, 7) is 6.76. The number of aromatic amines is 1. The van der Waals surface area contributed by atoms with Crippen molar-refractivity contribution >= 4 is 0 Å². The first kappa shape index (κ1) is 13.6. The predicted octanol–water partition coefficient (Wildman–Crippen LogP) is 2.51. The number of hydrogen-bond donors (Lipinski definition) is 2. The van der Waals surface area contributed by atoms with E-state index in [2.05, 4.69) is 35.9 Å². The third-order valence-electron chi connectivity index (χ3n) is 3.19. The second kappa shape index (κ2) is 5.45. The van der Waals surface area contributed by atoms with Crippen LogP contribution in [0, 0.1) is 20.8 Å². The summed E-state index contributed by atoms with van der Waals surface area (Å²) in [5.74, 6) is 1.82. The van der Waals surface area contributed by atoms with Gasteiger partial charge < -0.3 is 15.5 Å². The van der Waals surface area contributed by atoms with Gasteiger partial charge in [-0.25, -0.2) is 4.98 Å². The molecule has 19 heavy (non-hydrogen) atoms. The van der Waals surface area contributed by atoms with E-state index in [1.165, 1.54) is 5.56 Å². The molecule has 0 unspecified atom stereocenters. The summed E-state index contributed by atoms with van der Waals surface area (Å²) in [6.07, 6.45) is 0.758. The fourth-order valence-electron chi connectivity index (χ4n) is 2.44. The number of nitrogens with zero attached hydrogens (tertiary/aromatic N) is 1. The molecule has 1 aromatic carbocycles. The molecule has 1 aromatic heterocycles. The quantitative estimate of drug-likeness (QED) is 0.886. The van der Waals surface area contributed by atoms with Gasteiger partial charge in [-0.2, -0.15) is 0 Å². The topological polar surface area (TPSA) is 63.9 Å². The Bertz CT molecular complexity index is 587. The van der Waals surface area contributed by atoms with Gasteiger partial charge in [0.1, 0.15) is 11.6 Å². The molecule has 0 bridgehead atoms. The number of hydrogen-bond acceptors (Lipinski definition) is 3. The Hall–Kier alpha value is -1.81. The van der Waals surface area contributed by atoms with Gasteiger partial charge >= 0.3 is 0 Å². The lowest BCUT2D eigenvalue weighted by Crippen LogP contribution is -2.03. The Balaban J connectivity index is 2.57. The minimum Gasteiger partial charge on any atom is -0.496 e. The Labute approximate surface area is 114 Å². The highest BCUT2D eigenvalue weighted by atomic mass is 16.5. The van der Waals surface area contributed by atoms with Crippen LogP contribution in [0.25, 0.3) is 11.3 Å². The molecule has 2 rings (SSSR count). The summed E-state index contributed by atoms with van der Waals surface area (Å²) in [5.41, 5.74) is 10.9. The van der Waals surface area contributed by atoms with Gasteiger partial charge in [0, 0.05) is 17.7 Å². The van der Waals surface area contributed by atoms with Gasteiger partial charge in [-0.15, -0.1) is 0 Å². The van der Waals surface area contributed by atoms with Crippen molar-refractivity contribution in [1.82, 2.24) is 9.97 Å². The molecule has 102 valence electrons. The third kappa shape index (κ3) is 2.63. The largest absolute Gasteiger partial charge is 0.496 e. The molecule has 0 aliphatic rings. The van der Waals surface area contributed by atoms with E-state index in [-0.39, 0.29) is 0 Å². The van der Waals surface area contributed by atoms with E-state index in [0.717, 1.165) is 40.5 Å². The molecule has 0 saturated heterocycles. The summed E-state index contributed by atoms with van der Waals surface area (Å²) < 4.78 is 5.53. The maximum absolute atomic E-state index is 5.58. The first-order valence-electron chi connectivity index (χ1n) is 6.48. The average molecular weight is 259 g/mol. The van der Waals surface area contributed by atoms with Crippen molar-refractivity contribution in [2.45, 2.75) is 27.2 Å². The van der Waals surface area contributed by atoms with Crippen molar-refractivity contribution in [2.24, 2.45) is 5.73 Å². The first-order valence-corrected chi connectivity index (χ1v) is 6.48.